The second-order valence-electron chi connectivity index (χ2n) is 7.40. The van der Waals surface area contributed by atoms with Crippen LogP contribution in [0, 0.1) is 0 Å². The van der Waals surface area contributed by atoms with Crippen molar-refractivity contribution in [3.63, 3.8) is 0 Å². The van der Waals surface area contributed by atoms with Gasteiger partial charge in [-0.3, -0.25) is 4.79 Å². The minimum Gasteiger partial charge on any atom is -0.370 e. The van der Waals surface area contributed by atoms with E-state index in [-0.39, 0.29) is 17.9 Å². The van der Waals surface area contributed by atoms with Crippen LogP contribution in [0.1, 0.15) is 49.2 Å². The molecule has 11 heteroatoms. The molecule has 1 fully saturated rings. The number of halogens is 3. The molecule has 2 aromatic rings. The first-order valence-corrected chi connectivity index (χ1v) is 10.7. The van der Waals surface area contributed by atoms with E-state index in [0.29, 0.717) is 18.9 Å². The quantitative estimate of drug-likeness (QED) is 0.577. The van der Waals surface area contributed by atoms with Gasteiger partial charge in [0, 0.05) is 26.3 Å². The van der Waals surface area contributed by atoms with Gasteiger partial charge in [0.15, 0.2) is 12.0 Å². The standard InChI is InChI=1S/C21H28F3N5O3/c1-3-31-19(32-4-2)14-29-13-17(26-27-29)20(30)25-16-12-15(21(22,23)24)8-9-18(16)28-10-6-5-7-11-28/h8-9,12-13,19H,3-7,10-11,14H2,1-2H3,(H,25,30). The van der Waals surface area contributed by atoms with E-state index < -0.39 is 23.9 Å². The Balaban J connectivity index is 1.79. The van der Waals surface area contributed by atoms with Gasteiger partial charge in [-0.1, -0.05) is 5.21 Å². The maximum atomic E-state index is 13.3. The molecule has 1 amide bonds. The van der Waals surface area contributed by atoms with Gasteiger partial charge in [-0.2, -0.15) is 13.2 Å². The Hall–Kier alpha value is -2.66. The molecule has 2 heterocycles. The first kappa shape index (κ1) is 24.0. The Kier molecular flexibility index (Phi) is 8.08. The molecule has 1 aliphatic rings. The van der Waals surface area contributed by atoms with Crippen LogP contribution in [0.15, 0.2) is 24.4 Å². The van der Waals surface area contributed by atoms with E-state index in [9.17, 15) is 18.0 Å². The highest BCUT2D eigenvalue weighted by atomic mass is 19.4. The van der Waals surface area contributed by atoms with Crippen molar-refractivity contribution in [2.75, 3.05) is 36.5 Å². The van der Waals surface area contributed by atoms with E-state index >= 15 is 0 Å². The van der Waals surface area contributed by atoms with Gasteiger partial charge in [-0.15, -0.1) is 5.10 Å². The number of piperidine rings is 1. The number of nitrogens with zero attached hydrogens (tertiary/aromatic N) is 4. The second-order valence-corrected chi connectivity index (χ2v) is 7.40. The maximum Gasteiger partial charge on any atom is 0.416 e. The number of amides is 1. The number of carbonyl (C=O) groups is 1. The molecule has 0 radical (unpaired) electrons. The highest BCUT2D eigenvalue weighted by Gasteiger charge is 2.32. The lowest BCUT2D eigenvalue weighted by molar-refractivity contribution is -0.145. The molecule has 0 aliphatic carbocycles. The summed E-state index contributed by atoms with van der Waals surface area (Å²) in [5, 5.41) is 10.4. The molecule has 176 valence electrons. The summed E-state index contributed by atoms with van der Waals surface area (Å²) < 4.78 is 52.1. The number of alkyl halides is 3. The monoisotopic (exact) mass is 455 g/mol. The van der Waals surface area contributed by atoms with Gasteiger partial charge in [-0.05, 0) is 51.3 Å². The normalized spacial score (nSPS) is 14.8. The van der Waals surface area contributed by atoms with Crippen LogP contribution in [0.2, 0.25) is 0 Å². The first-order valence-electron chi connectivity index (χ1n) is 10.7. The lowest BCUT2D eigenvalue weighted by Crippen LogP contribution is -2.30. The largest absolute Gasteiger partial charge is 0.416 e. The molecule has 1 saturated heterocycles. The summed E-state index contributed by atoms with van der Waals surface area (Å²) in [5.74, 6) is -0.641. The van der Waals surface area contributed by atoms with E-state index in [4.69, 9.17) is 9.47 Å². The molecule has 32 heavy (non-hydrogen) atoms. The zero-order chi connectivity index (χ0) is 23.1. The van der Waals surface area contributed by atoms with E-state index in [0.717, 1.165) is 44.5 Å². The Labute approximate surface area is 184 Å². The molecule has 0 saturated carbocycles. The summed E-state index contributed by atoms with van der Waals surface area (Å²) in [6.07, 6.45) is -0.679. The van der Waals surface area contributed by atoms with Crippen LogP contribution in [0.5, 0.6) is 0 Å². The SMILES string of the molecule is CCOC(Cn1cc(C(=O)Nc2cc(C(F)(F)F)ccc2N2CCCCC2)nn1)OCC. The molecule has 0 atom stereocenters. The van der Waals surface area contributed by atoms with Crippen LogP contribution in [0.25, 0.3) is 0 Å². The van der Waals surface area contributed by atoms with Gasteiger partial charge < -0.3 is 19.7 Å². The number of anilines is 2. The number of ether oxygens (including phenoxy) is 2. The third-order valence-electron chi connectivity index (χ3n) is 5.08. The number of aromatic nitrogens is 3. The fraction of sp³-hybridized carbons (Fsp3) is 0.571. The van der Waals surface area contributed by atoms with Gasteiger partial charge in [-0.25, -0.2) is 4.68 Å². The van der Waals surface area contributed by atoms with Gasteiger partial charge >= 0.3 is 6.18 Å². The van der Waals surface area contributed by atoms with Gasteiger partial charge in [0.2, 0.25) is 0 Å². The van der Waals surface area contributed by atoms with Crippen molar-refractivity contribution >= 4 is 17.3 Å². The van der Waals surface area contributed by atoms with Crippen molar-refractivity contribution in [1.29, 1.82) is 0 Å². The number of nitrogens with one attached hydrogen (secondary N) is 1. The predicted octanol–water partition coefficient (Wildman–Crippen LogP) is 3.94. The lowest BCUT2D eigenvalue weighted by Gasteiger charge is -2.31. The fourth-order valence-electron chi connectivity index (χ4n) is 3.58. The van der Waals surface area contributed by atoms with Crippen molar-refractivity contribution in [3.05, 3.63) is 35.7 Å². The van der Waals surface area contributed by atoms with Crippen LogP contribution in [-0.4, -0.2) is 53.5 Å². The summed E-state index contributed by atoms with van der Waals surface area (Å²) in [6, 6.07) is 3.42. The highest BCUT2D eigenvalue weighted by molar-refractivity contribution is 6.04. The van der Waals surface area contributed by atoms with Crippen LogP contribution in [0.3, 0.4) is 0 Å². The molecular formula is C21H28F3N5O3. The van der Waals surface area contributed by atoms with Crippen molar-refractivity contribution in [2.45, 2.75) is 52.1 Å². The molecular weight excluding hydrogens is 427 g/mol. The van der Waals surface area contributed by atoms with E-state index in [1.54, 1.807) is 0 Å². The first-order chi connectivity index (χ1) is 15.3. The van der Waals surface area contributed by atoms with Crippen LogP contribution < -0.4 is 10.2 Å². The molecule has 0 bridgehead atoms. The van der Waals surface area contributed by atoms with Gasteiger partial charge in [0.05, 0.1) is 29.7 Å². The average molecular weight is 455 g/mol. The summed E-state index contributed by atoms with van der Waals surface area (Å²) in [4.78, 5) is 14.8. The van der Waals surface area contributed by atoms with Crippen molar-refractivity contribution in [2.24, 2.45) is 0 Å². The molecule has 1 aliphatic heterocycles. The van der Waals surface area contributed by atoms with Gasteiger partial charge in [0.1, 0.15) is 0 Å². The lowest BCUT2D eigenvalue weighted by atomic mass is 10.1. The molecule has 1 aromatic heterocycles. The van der Waals surface area contributed by atoms with Crippen LogP contribution in [-0.2, 0) is 22.2 Å². The van der Waals surface area contributed by atoms with E-state index in [1.807, 2.05) is 18.7 Å². The van der Waals surface area contributed by atoms with Crippen LogP contribution in [0.4, 0.5) is 24.5 Å². The number of rotatable bonds is 9. The Morgan fingerprint density at radius 3 is 2.47 bits per heavy atom. The van der Waals surface area contributed by atoms with Gasteiger partial charge in [0.25, 0.3) is 5.91 Å². The zero-order valence-corrected chi connectivity index (χ0v) is 18.2. The Bertz CT molecular complexity index is 891. The average Bonchev–Trinajstić information content (AvgIpc) is 3.23. The van der Waals surface area contributed by atoms with E-state index in [2.05, 4.69) is 15.6 Å². The number of hydrogen-bond donors (Lipinski definition) is 1. The maximum absolute atomic E-state index is 13.3. The topological polar surface area (TPSA) is 81.5 Å². The molecule has 3 rings (SSSR count). The fourth-order valence-corrected chi connectivity index (χ4v) is 3.58. The number of carbonyl (C=O) groups excluding carboxylic acids is 1. The summed E-state index contributed by atoms with van der Waals surface area (Å²) in [7, 11) is 0. The van der Waals surface area contributed by atoms with Crippen molar-refractivity contribution in [1.82, 2.24) is 15.0 Å². The third kappa shape index (κ3) is 6.19. The number of hydrogen-bond acceptors (Lipinski definition) is 6. The van der Waals surface area contributed by atoms with Crippen molar-refractivity contribution in [3.8, 4) is 0 Å². The molecule has 1 aromatic carbocycles. The minimum absolute atomic E-state index is 0.0150. The minimum atomic E-state index is -4.52. The van der Waals surface area contributed by atoms with Crippen LogP contribution >= 0.6 is 0 Å². The summed E-state index contributed by atoms with van der Waals surface area (Å²) in [6.45, 7) is 6.23. The zero-order valence-electron chi connectivity index (χ0n) is 18.2. The Morgan fingerprint density at radius 2 is 1.84 bits per heavy atom. The predicted molar refractivity (Wildman–Crippen MR) is 113 cm³/mol. The summed E-state index contributed by atoms with van der Waals surface area (Å²) >= 11 is 0. The van der Waals surface area contributed by atoms with E-state index in [1.165, 1.54) is 16.9 Å². The summed E-state index contributed by atoms with van der Waals surface area (Å²) in [5.41, 5.74) is -0.179. The van der Waals surface area contributed by atoms with Crippen molar-refractivity contribution < 1.29 is 27.4 Å². The smallest absolute Gasteiger partial charge is 0.370 e. The second kappa shape index (κ2) is 10.8. The highest BCUT2D eigenvalue weighted by Crippen LogP contribution is 2.36. The molecule has 1 N–H and O–H groups in total. The molecule has 8 nitrogen and oxygen atoms in total. The number of benzene rings is 1. The third-order valence-corrected chi connectivity index (χ3v) is 5.08. The molecule has 0 spiro atoms. The molecule has 0 unspecified atom stereocenters. The Morgan fingerprint density at radius 1 is 1.16 bits per heavy atom.